The van der Waals surface area contributed by atoms with Crippen LogP contribution in [0, 0.1) is 12.7 Å². The molecule has 1 aliphatic carbocycles. The zero-order valence-corrected chi connectivity index (χ0v) is 13.8. The average Bonchev–Trinajstić information content (AvgIpc) is 3.34. The van der Waals surface area contributed by atoms with E-state index in [1.807, 2.05) is 6.92 Å². The molecule has 7 heteroatoms. The minimum absolute atomic E-state index is 0.0849. The van der Waals surface area contributed by atoms with Crippen LogP contribution in [0.5, 0.6) is 0 Å². The Balaban J connectivity index is 2.08. The molecule has 0 aromatic heterocycles. The Kier molecular flexibility index (Phi) is 4.04. The Labute approximate surface area is 139 Å². The highest BCUT2D eigenvalue weighted by Gasteiger charge is 2.39. The molecule has 0 spiro atoms. The van der Waals surface area contributed by atoms with Gasteiger partial charge in [0.1, 0.15) is 5.82 Å². The number of aryl methyl sites for hydroxylation is 1. The third-order valence-electron chi connectivity index (χ3n) is 3.89. The highest BCUT2D eigenvalue weighted by molar-refractivity contribution is 7.92. The first-order valence-electron chi connectivity index (χ1n) is 7.44. The number of halogens is 1. The van der Waals surface area contributed by atoms with E-state index in [-0.39, 0.29) is 22.2 Å². The maximum absolute atomic E-state index is 14.4. The van der Waals surface area contributed by atoms with E-state index in [0.29, 0.717) is 12.8 Å². The molecular weight excluding hydrogens is 333 g/mol. The first-order valence-corrected chi connectivity index (χ1v) is 8.88. The summed E-state index contributed by atoms with van der Waals surface area (Å²) >= 11 is 0. The predicted octanol–water partition coefficient (Wildman–Crippen LogP) is 3.19. The summed E-state index contributed by atoms with van der Waals surface area (Å²) in [7, 11) is -3.92. The summed E-state index contributed by atoms with van der Waals surface area (Å²) in [6, 6.07) is 9.31. The van der Waals surface area contributed by atoms with Crippen LogP contribution in [0.4, 0.5) is 10.1 Å². The molecule has 0 amide bonds. The standard InChI is InChI=1S/C17H16FNO4S/c1-11-2-7-14(8-3-11)24(22,23)19(13-5-6-13)16-9-4-12(17(20)21)10-15(16)18/h2-4,7-10,13H,5-6H2,1H3,(H,20,21). The van der Waals surface area contributed by atoms with Gasteiger partial charge >= 0.3 is 5.97 Å². The number of anilines is 1. The van der Waals surface area contributed by atoms with Gasteiger partial charge in [0.2, 0.25) is 0 Å². The number of nitrogens with zero attached hydrogens (tertiary/aromatic N) is 1. The molecule has 2 aromatic rings. The predicted molar refractivity (Wildman–Crippen MR) is 87.2 cm³/mol. The van der Waals surface area contributed by atoms with Crippen LogP contribution >= 0.6 is 0 Å². The molecule has 3 rings (SSSR count). The fourth-order valence-electron chi connectivity index (χ4n) is 2.47. The fraction of sp³-hybridized carbons (Fsp3) is 0.235. The number of rotatable bonds is 5. The van der Waals surface area contributed by atoms with Crippen molar-refractivity contribution in [3.8, 4) is 0 Å². The molecule has 0 atom stereocenters. The second-order valence-corrected chi connectivity index (χ2v) is 7.63. The summed E-state index contributed by atoms with van der Waals surface area (Å²) in [6.07, 6.45) is 1.29. The van der Waals surface area contributed by atoms with Gasteiger partial charge in [-0.3, -0.25) is 4.31 Å². The second kappa shape index (κ2) is 5.90. The minimum atomic E-state index is -3.92. The lowest BCUT2D eigenvalue weighted by Crippen LogP contribution is -2.34. The molecule has 0 heterocycles. The van der Waals surface area contributed by atoms with Gasteiger partial charge < -0.3 is 5.11 Å². The molecule has 1 aliphatic rings. The Morgan fingerprint density at radius 3 is 2.29 bits per heavy atom. The minimum Gasteiger partial charge on any atom is -0.478 e. The van der Waals surface area contributed by atoms with Gasteiger partial charge in [-0.15, -0.1) is 0 Å². The van der Waals surface area contributed by atoms with Crippen molar-refractivity contribution in [3.63, 3.8) is 0 Å². The van der Waals surface area contributed by atoms with Gasteiger partial charge in [-0.2, -0.15) is 0 Å². The summed E-state index contributed by atoms with van der Waals surface area (Å²) in [5, 5.41) is 8.93. The molecule has 24 heavy (non-hydrogen) atoms. The molecule has 0 bridgehead atoms. The van der Waals surface area contributed by atoms with Crippen LogP contribution in [0.2, 0.25) is 0 Å². The third kappa shape index (κ3) is 2.99. The number of aromatic carboxylic acids is 1. The Hall–Kier alpha value is -2.41. The van der Waals surface area contributed by atoms with Crippen molar-refractivity contribution >= 4 is 21.7 Å². The molecule has 0 saturated heterocycles. The number of hydrogen-bond donors (Lipinski definition) is 1. The Morgan fingerprint density at radius 2 is 1.79 bits per heavy atom. The number of carbonyl (C=O) groups is 1. The van der Waals surface area contributed by atoms with Crippen LogP contribution < -0.4 is 4.31 Å². The Bertz CT molecular complexity index is 889. The normalized spacial score (nSPS) is 14.4. The van der Waals surface area contributed by atoms with Crippen LogP contribution in [0.15, 0.2) is 47.4 Å². The highest BCUT2D eigenvalue weighted by Crippen LogP contribution is 2.38. The molecular formula is C17H16FNO4S. The van der Waals surface area contributed by atoms with E-state index in [1.165, 1.54) is 24.3 Å². The van der Waals surface area contributed by atoms with Crippen molar-refractivity contribution in [2.75, 3.05) is 4.31 Å². The average molecular weight is 349 g/mol. The van der Waals surface area contributed by atoms with Crippen molar-refractivity contribution in [3.05, 3.63) is 59.4 Å². The topological polar surface area (TPSA) is 74.7 Å². The van der Waals surface area contributed by atoms with Gasteiger partial charge in [-0.1, -0.05) is 17.7 Å². The van der Waals surface area contributed by atoms with E-state index >= 15 is 0 Å². The van der Waals surface area contributed by atoms with E-state index in [9.17, 15) is 17.6 Å². The maximum Gasteiger partial charge on any atom is 0.335 e. The summed E-state index contributed by atoms with van der Waals surface area (Å²) in [5.41, 5.74) is 0.576. The SMILES string of the molecule is Cc1ccc(S(=O)(=O)N(c2ccc(C(=O)O)cc2F)C2CC2)cc1. The molecule has 0 radical (unpaired) electrons. The fourth-order valence-corrected chi connectivity index (χ4v) is 4.19. The molecule has 1 N–H and O–H groups in total. The highest BCUT2D eigenvalue weighted by atomic mass is 32.2. The lowest BCUT2D eigenvalue weighted by molar-refractivity contribution is 0.0696. The van der Waals surface area contributed by atoms with Crippen molar-refractivity contribution < 1.29 is 22.7 Å². The summed E-state index contributed by atoms with van der Waals surface area (Å²) in [4.78, 5) is 11.0. The van der Waals surface area contributed by atoms with E-state index in [4.69, 9.17) is 5.11 Å². The van der Waals surface area contributed by atoms with Crippen LogP contribution in [-0.2, 0) is 10.0 Å². The summed E-state index contributed by atoms with van der Waals surface area (Å²) in [5.74, 6) is -2.13. The quantitative estimate of drug-likeness (QED) is 0.899. The molecule has 1 fully saturated rings. The molecule has 2 aromatic carbocycles. The van der Waals surface area contributed by atoms with Crippen LogP contribution in [0.25, 0.3) is 0 Å². The van der Waals surface area contributed by atoms with Crippen LogP contribution in [0.1, 0.15) is 28.8 Å². The largest absolute Gasteiger partial charge is 0.478 e. The lowest BCUT2D eigenvalue weighted by atomic mass is 10.2. The second-order valence-electron chi connectivity index (χ2n) is 5.82. The summed E-state index contributed by atoms with van der Waals surface area (Å²) in [6.45, 7) is 1.85. The van der Waals surface area contributed by atoms with Gasteiger partial charge in [0, 0.05) is 6.04 Å². The molecule has 0 unspecified atom stereocenters. The number of hydrogen-bond acceptors (Lipinski definition) is 3. The van der Waals surface area contributed by atoms with Crippen molar-refractivity contribution in [1.82, 2.24) is 0 Å². The first kappa shape index (κ1) is 16.4. The number of carboxylic acid groups (broad SMARTS) is 1. The Morgan fingerprint density at radius 1 is 1.17 bits per heavy atom. The van der Waals surface area contributed by atoms with E-state index < -0.39 is 21.8 Å². The number of benzene rings is 2. The van der Waals surface area contributed by atoms with Crippen molar-refractivity contribution in [1.29, 1.82) is 0 Å². The van der Waals surface area contributed by atoms with E-state index in [2.05, 4.69) is 0 Å². The van der Waals surface area contributed by atoms with Crippen LogP contribution in [-0.4, -0.2) is 25.5 Å². The van der Waals surface area contributed by atoms with Gasteiger partial charge in [0.25, 0.3) is 10.0 Å². The lowest BCUT2D eigenvalue weighted by Gasteiger charge is -2.25. The van der Waals surface area contributed by atoms with Crippen molar-refractivity contribution in [2.24, 2.45) is 0 Å². The monoisotopic (exact) mass is 349 g/mol. The summed E-state index contributed by atoms with van der Waals surface area (Å²) < 4.78 is 41.3. The zero-order chi connectivity index (χ0) is 17.5. The van der Waals surface area contributed by atoms with Crippen molar-refractivity contribution in [2.45, 2.75) is 30.7 Å². The van der Waals surface area contributed by atoms with Gasteiger partial charge in [0.15, 0.2) is 0 Å². The molecule has 0 aliphatic heterocycles. The van der Waals surface area contributed by atoms with Gasteiger partial charge in [0.05, 0.1) is 16.1 Å². The zero-order valence-electron chi connectivity index (χ0n) is 12.9. The molecule has 5 nitrogen and oxygen atoms in total. The van der Waals surface area contributed by atoms with Crippen LogP contribution in [0.3, 0.4) is 0 Å². The first-order chi connectivity index (χ1) is 11.3. The molecule has 1 saturated carbocycles. The number of carboxylic acids is 1. The smallest absolute Gasteiger partial charge is 0.335 e. The van der Waals surface area contributed by atoms with Gasteiger partial charge in [-0.25, -0.2) is 17.6 Å². The maximum atomic E-state index is 14.4. The molecule has 126 valence electrons. The van der Waals surface area contributed by atoms with E-state index in [0.717, 1.165) is 15.9 Å². The van der Waals surface area contributed by atoms with E-state index in [1.54, 1.807) is 12.1 Å². The van der Waals surface area contributed by atoms with Gasteiger partial charge in [-0.05, 0) is 50.1 Å². The third-order valence-corrected chi connectivity index (χ3v) is 5.77. The number of sulfonamides is 1.